The summed E-state index contributed by atoms with van der Waals surface area (Å²) < 4.78 is 0. The van der Waals surface area contributed by atoms with Gasteiger partial charge in [0.1, 0.15) is 5.69 Å². The number of nitrogens with two attached hydrogens (primary N) is 1. The van der Waals surface area contributed by atoms with Crippen LogP contribution in [0.25, 0.3) is 10.9 Å². The molecule has 2 amide bonds. The normalized spacial score (nSPS) is 19.9. The summed E-state index contributed by atoms with van der Waals surface area (Å²) in [5.41, 5.74) is 6.13. The minimum absolute atomic E-state index is 0.0197. The van der Waals surface area contributed by atoms with Crippen molar-refractivity contribution in [3.63, 3.8) is 0 Å². The summed E-state index contributed by atoms with van der Waals surface area (Å²) in [6, 6.07) is 8.65. The van der Waals surface area contributed by atoms with Crippen LogP contribution in [0.3, 0.4) is 0 Å². The lowest BCUT2D eigenvalue weighted by atomic mass is 9.91. The van der Waals surface area contributed by atoms with Gasteiger partial charge in [-0.25, -0.2) is 0 Å². The van der Waals surface area contributed by atoms with Crippen molar-refractivity contribution in [3.05, 3.63) is 46.2 Å². The minimum Gasteiger partial charge on any atom is -0.353 e. The third kappa shape index (κ3) is 4.29. The van der Waals surface area contributed by atoms with Crippen LogP contribution in [0, 0.1) is 0 Å². The molecule has 0 atom stereocenters. The van der Waals surface area contributed by atoms with Crippen molar-refractivity contribution in [2.24, 2.45) is 5.73 Å². The Hall–Kier alpha value is -2.67. The van der Waals surface area contributed by atoms with E-state index >= 15 is 0 Å². The summed E-state index contributed by atoms with van der Waals surface area (Å²) >= 11 is 0. The molecule has 3 rings (SSSR count). The summed E-state index contributed by atoms with van der Waals surface area (Å²) in [4.78, 5) is 39.3. The number of para-hydroxylation sites is 1. The van der Waals surface area contributed by atoms with E-state index in [-0.39, 0.29) is 35.0 Å². The smallest absolute Gasteiger partial charge is 0.268 e. The summed E-state index contributed by atoms with van der Waals surface area (Å²) in [6.45, 7) is 0.348. The second-order valence-corrected chi connectivity index (χ2v) is 6.72. The largest absolute Gasteiger partial charge is 0.353 e. The molecule has 1 aromatic heterocycles. The van der Waals surface area contributed by atoms with Crippen molar-refractivity contribution >= 4 is 22.7 Å². The highest BCUT2D eigenvalue weighted by Crippen LogP contribution is 2.19. The highest BCUT2D eigenvalue weighted by molar-refractivity contribution is 5.95. The number of hydrogen-bond acceptors (Lipinski definition) is 4. The maximum atomic E-state index is 12.5. The van der Waals surface area contributed by atoms with Crippen LogP contribution in [0.5, 0.6) is 0 Å². The number of nitrogens with one attached hydrogen (secondary N) is 3. The standard InChI is InChI=1S/C19H24N4O3/c20-10-9-18(25)21-12-5-7-13(8-6-12)22-19(26)16-11-17(24)14-3-1-2-4-15(14)23-16/h1-4,11-13H,5-10,20H2,(H,21,25)(H,22,26)(H,23,24). The molecule has 0 radical (unpaired) electrons. The van der Waals surface area contributed by atoms with Gasteiger partial charge in [0.05, 0.1) is 0 Å². The first-order valence-electron chi connectivity index (χ1n) is 8.99. The van der Waals surface area contributed by atoms with Gasteiger partial charge in [-0.1, -0.05) is 12.1 Å². The number of pyridine rings is 1. The van der Waals surface area contributed by atoms with Crippen LogP contribution in [-0.4, -0.2) is 35.4 Å². The lowest BCUT2D eigenvalue weighted by Crippen LogP contribution is -2.44. The average molecular weight is 356 g/mol. The number of H-pyrrole nitrogens is 1. The van der Waals surface area contributed by atoms with E-state index in [9.17, 15) is 14.4 Å². The van der Waals surface area contributed by atoms with Crippen molar-refractivity contribution in [1.29, 1.82) is 0 Å². The zero-order valence-corrected chi connectivity index (χ0v) is 14.6. The highest BCUT2D eigenvalue weighted by Gasteiger charge is 2.24. The number of fused-ring (bicyclic) bond motifs is 1. The van der Waals surface area contributed by atoms with Gasteiger partial charge < -0.3 is 21.4 Å². The van der Waals surface area contributed by atoms with E-state index in [4.69, 9.17) is 5.73 Å². The predicted octanol–water partition coefficient (Wildman–Crippen LogP) is 1.03. The summed E-state index contributed by atoms with van der Waals surface area (Å²) in [5, 5.41) is 6.53. The Labute approximate surface area is 151 Å². The Balaban J connectivity index is 1.58. The molecule has 1 saturated carbocycles. The van der Waals surface area contributed by atoms with Gasteiger partial charge in [-0.2, -0.15) is 0 Å². The lowest BCUT2D eigenvalue weighted by molar-refractivity contribution is -0.121. The van der Waals surface area contributed by atoms with Crippen molar-refractivity contribution in [2.75, 3.05) is 6.54 Å². The molecular formula is C19H24N4O3. The summed E-state index contributed by atoms with van der Waals surface area (Å²) in [5.74, 6) is -0.294. The van der Waals surface area contributed by atoms with E-state index in [1.165, 1.54) is 6.07 Å². The minimum atomic E-state index is -0.275. The average Bonchev–Trinajstić information content (AvgIpc) is 2.63. The first kappa shape index (κ1) is 18.1. The highest BCUT2D eigenvalue weighted by atomic mass is 16.2. The van der Waals surface area contributed by atoms with Crippen molar-refractivity contribution in [1.82, 2.24) is 15.6 Å². The molecule has 1 aliphatic carbocycles. The SMILES string of the molecule is NCCC(=O)NC1CCC(NC(=O)c2cc(=O)c3ccccc3[nH]2)CC1. The topological polar surface area (TPSA) is 117 Å². The van der Waals surface area contributed by atoms with E-state index in [0.717, 1.165) is 25.7 Å². The van der Waals surface area contributed by atoms with Crippen LogP contribution < -0.4 is 21.8 Å². The van der Waals surface area contributed by atoms with Crippen LogP contribution >= 0.6 is 0 Å². The van der Waals surface area contributed by atoms with Gasteiger partial charge in [0.25, 0.3) is 5.91 Å². The molecule has 1 aromatic carbocycles. The zero-order chi connectivity index (χ0) is 18.5. The maximum Gasteiger partial charge on any atom is 0.268 e. The first-order chi connectivity index (χ1) is 12.6. The lowest BCUT2D eigenvalue weighted by Gasteiger charge is -2.29. The molecule has 1 heterocycles. The predicted molar refractivity (Wildman–Crippen MR) is 99.9 cm³/mol. The van der Waals surface area contributed by atoms with Crippen molar-refractivity contribution < 1.29 is 9.59 Å². The number of aromatic nitrogens is 1. The Morgan fingerprint density at radius 3 is 2.42 bits per heavy atom. The van der Waals surface area contributed by atoms with E-state index in [1.807, 2.05) is 6.07 Å². The van der Waals surface area contributed by atoms with Crippen molar-refractivity contribution in [3.8, 4) is 0 Å². The van der Waals surface area contributed by atoms with Crippen LogP contribution in [0.1, 0.15) is 42.6 Å². The molecule has 7 nitrogen and oxygen atoms in total. The van der Waals surface area contributed by atoms with Crippen LogP contribution in [-0.2, 0) is 4.79 Å². The molecule has 0 saturated heterocycles. The van der Waals surface area contributed by atoms with Gasteiger partial charge in [0.15, 0.2) is 5.43 Å². The fourth-order valence-electron chi connectivity index (χ4n) is 3.40. The third-order valence-corrected chi connectivity index (χ3v) is 4.78. The fraction of sp³-hybridized carbons (Fsp3) is 0.421. The van der Waals surface area contributed by atoms with Gasteiger partial charge in [0, 0.05) is 42.0 Å². The summed E-state index contributed by atoms with van der Waals surface area (Å²) in [6.07, 6.45) is 3.55. The number of aromatic amines is 1. The molecule has 2 aromatic rings. The molecule has 1 aliphatic rings. The van der Waals surface area contributed by atoms with Crippen molar-refractivity contribution in [2.45, 2.75) is 44.2 Å². The monoisotopic (exact) mass is 356 g/mol. The number of hydrogen-bond donors (Lipinski definition) is 4. The molecule has 7 heteroatoms. The Morgan fingerprint density at radius 1 is 1.08 bits per heavy atom. The molecule has 1 fully saturated rings. The Kier molecular flexibility index (Phi) is 5.68. The number of rotatable bonds is 5. The quantitative estimate of drug-likeness (QED) is 0.640. The van der Waals surface area contributed by atoms with Crippen LogP contribution in [0.2, 0.25) is 0 Å². The van der Waals surface area contributed by atoms with Gasteiger partial charge in [0.2, 0.25) is 5.91 Å². The molecule has 0 unspecified atom stereocenters. The Morgan fingerprint density at radius 2 is 1.73 bits per heavy atom. The van der Waals surface area contributed by atoms with Crippen LogP contribution in [0.15, 0.2) is 35.1 Å². The number of amides is 2. The molecular weight excluding hydrogens is 332 g/mol. The molecule has 0 spiro atoms. The third-order valence-electron chi connectivity index (χ3n) is 4.78. The fourth-order valence-corrected chi connectivity index (χ4v) is 3.40. The van der Waals surface area contributed by atoms with Gasteiger partial charge in [-0.15, -0.1) is 0 Å². The number of benzene rings is 1. The molecule has 5 N–H and O–H groups in total. The second kappa shape index (κ2) is 8.14. The van der Waals surface area contributed by atoms with Gasteiger partial charge in [-0.3, -0.25) is 14.4 Å². The first-order valence-corrected chi connectivity index (χ1v) is 8.99. The summed E-state index contributed by atoms with van der Waals surface area (Å²) in [7, 11) is 0. The molecule has 138 valence electrons. The molecule has 0 bridgehead atoms. The molecule has 0 aliphatic heterocycles. The van der Waals surface area contributed by atoms with Crippen LogP contribution in [0.4, 0.5) is 0 Å². The molecule has 26 heavy (non-hydrogen) atoms. The van der Waals surface area contributed by atoms with E-state index in [1.54, 1.807) is 18.2 Å². The van der Waals surface area contributed by atoms with Gasteiger partial charge >= 0.3 is 0 Å². The van der Waals surface area contributed by atoms with E-state index in [2.05, 4.69) is 15.6 Å². The zero-order valence-electron chi connectivity index (χ0n) is 14.6. The maximum absolute atomic E-state index is 12.5. The van der Waals surface area contributed by atoms with E-state index < -0.39 is 0 Å². The number of carbonyl (C=O) groups is 2. The van der Waals surface area contributed by atoms with Gasteiger partial charge in [-0.05, 0) is 37.8 Å². The second-order valence-electron chi connectivity index (χ2n) is 6.72. The Bertz CT molecular complexity index is 853. The number of carbonyl (C=O) groups excluding carboxylic acids is 2. The van der Waals surface area contributed by atoms with E-state index in [0.29, 0.717) is 23.9 Å².